The summed E-state index contributed by atoms with van der Waals surface area (Å²) in [6.45, 7) is 6.46. The van der Waals surface area contributed by atoms with Crippen LogP contribution in [0.2, 0.25) is 0 Å². The van der Waals surface area contributed by atoms with E-state index in [-0.39, 0.29) is 0 Å². The van der Waals surface area contributed by atoms with E-state index >= 15 is 0 Å². The van der Waals surface area contributed by atoms with Gasteiger partial charge in [-0.2, -0.15) is 0 Å². The minimum atomic E-state index is 0.895. The normalized spacial score (nSPS) is 10.8. The molecule has 2 heteroatoms. The lowest BCUT2D eigenvalue weighted by molar-refractivity contribution is 0.682. The standard InChI is InChI=1S/C19H28N2/c1-3-5-6-7-17-8-10-19(11-9-17)20-15-18-12-14-21(16-18)13-4-2/h8-12,14,16,20H,3-7,13,15H2,1-2H3. The predicted octanol–water partition coefficient (Wildman–Crippen LogP) is 5.24. The van der Waals surface area contributed by atoms with E-state index < -0.39 is 0 Å². The fourth-order valence-electron chi connectivity index (χ4n) is 2.56. The van der Waals surface area contributed by atoms with Crippen molar-refractivity contribution in [2.45, 2.75) is 59.0 Å². The van der Waals surface area contributed by atoms with Gasteiger partial charge < -0.3 is 9.88 Å². The van der Waals surface area contributed by atoms with E-state index in [1.165, 1.54) is 48.9 Å². The van der Waals surface area contributed by atoms with Gasteiger partial charge in [-0.3, -0.25) is 0 Å². The Kier molecular flexibility index (Phi) is 6.39. The highest BCUT2D eigenvalue weighted by molar-refractivity contribution is 5.45. The van der Waals surface area contributed by atoms with E-state index in [2.05, 4.69) is 66.5 Å². The molecule has 1 aromatic carbocycles. The minimum absolute atomic E-state index is 0.895. The first-order valence-corrected chi connectivity index (χ1v) is 8.29. The molecule has 0 aliphatic rings. The molecule has 21 heavy (non-hydrogen) atoms. The molecular formula is C19H28N2. The van der Waals surface area contributed by atoms with E-state index in [1.807, 2.05) is 0 Å². The van der Waals surface area contributed by atoms with Gasteiger partial charge in [0.05, 0.1) is 0 Å². The molecule has 1 N–H and O–H groups in total. The van der Waals surface area contributed by atoms with E-state index in [0.29, 0.717) is 0 Å². The molecule has 2 nitrogen and oxygen atoms in total. The second-order valence-corrected chi connectivity index (χ2v) is 5.77. The lowest BCUT2D eigenvalue weighted by Crippen LogP contribution is -1.99. The lowest BCUT2D eigenvalue weighted by atomic mass is 10.1. The van der Waals surface area contributed by atoms with Crippen molar-refractivity contribution in [3.8, 4) is 0 Å². The molecule has 0 aliphatic heterocycles. The van der Waals surface area contributed by atoms with Crippen LogP contribution in [0.4, 0.5) is 5.69 Å². The lowest BCUT2D eigenvalue weighted by Gasteiger charge is -2.07. The van der Waals surface area contributed by atoms with Gasteiger partial charge in [0, 0.05) is 31.2 Å². The first-order chi connectivity index (χ1) is 10.3. The fraction of sp³-hybridized carbons (Fsp3) is 0.474. The molecule has 0 spiro atoms. The van der Waals surface area contributed by atoms with Crippen LogP contribution >= 0.6 is 0 Å². The van der Waals surface area contributed by atoms with Gasteiger partial charge in [0.25, 0.3) is 0 Å². The van der Waals surface area contributed by atoms with Crippen molar-refractivity contribution in [1.82, 2.24) is 4.57 Å². The molecule has 2 rings (SSSR count). The zero-order valence-electron chi connectivity index (χ0n) is 13.4. The number of nitrogens with one attached hydrogen (secondary N) is 1. The van der Waals surface area contributed by atoms with Crippen molar-refractivity contribution in [1.29, 1.82) is 0 Å². The number of hydrogen-bond donors (Lipinski definition) is 1. The quantitative estimate of drug-likeness (QED) is 0.623. The number of rotatable bonds is 9. The summed E-state index contributed by atoms with van der Waals surface area (Å²) in [6.07, 6.45) is 10.7. The summed E-state index contributed by atoms with van der Waals surface area (Å²) in [4.78, 5) is 0. The van der Waals surface area contributed by atoms with Gasteiger partial charge in [0.15, 0.2) is 0 Å². The molecule has 0 amide bonds. The second kappa shape index (κ2) is 8.56. The molecular weight excluding hydrogens is 256 g/mol. The van der Waals surface area contributed by atoms with Crippen molar-refractivity contribution in [2.75, 3.05) is 5.32 Å². The zero-order chi connectivity index (χ0) is 14.9. The van der Waals surface area contributed by atoms with Crippen LogP contribution in [0.15, 0.2) is 42.7 Å². The van der Waals surface area contributed by atoms with Crippen LogP contribution in [0, 0.1) is 0 Å². The molecule has 0 saturated carbocycles. The summed E-state index contributed by atoms with van der Waals surface area (Å²) >= 11 is 0. The molecule has 0 atom stereocenters. The largest absolute Gasteiger partial charge is 0.381 e. The topological polar surface area (TPSA) is 17.0 Å². The van der Waals surface area contributed by atoms with Crippen LogP contribution in [0.5, 0.6) is 0 Å². The van der Waals surface area contributed by atoms with Gasteiger partial charge in [-0.25, -0.2) is 0 Å². The Morgan fingerprint density at radius 1 is 0.905 bits per heavy atom. The predicted molar refractivity (Wildman–Crippen MR) is 91.7 cm³/mol. The first kappa shape index (κ1) is 15.7. The number of aryl methyl sites for hydroxylation is 2. The van der Waals surface area contributed by atoms with Crippen molar-refractivity contribution in [2.24, 2.45) is 0 Å². The third-order valence-corrected chi connectivity index (χ3v) is 3.81. The maximum Gasteiger partial charge on any atom is 0.0415 e. The van der Waals surface area contributed by atoms with Gasteiger partial charge in [0.2, 0.25) is 0 Å². The Morgan fingerprint density at radius 3 is 2.43 bits per heavy atom. The Labute approximate surface area is 129 Å². The van der Waals surface area contributed by atoms with Crippen molar-refractivity contribution >= 4 is 5.69 Å². The van der Waals surface area contributed by atoms with Crippen LogP contribution in [0.1, 0.15) is 50.7 Å². The van der Waals surface area contributed by atoms with E-state index in [0.717, 1.165) is 13.1 Å². The van der Waals surface area contributed by atoms with Gasteiger partial charge in [-0.05, 0) is 48.6 Å². The number of benzene rings is 1. The van der Waals surface area contributed by atoms with Crippen LogP contribution in [-0.2, 0) is 19.5 Å². The molecule has 0 unspecified atom stereocenters. The van der Waals surface area contributed by atoms with Crippen LogP contribution in [-0.4, -0.2) is 4.57 Å². The van der Waals surface area contributed by atoms with E-state index in [9.17, 15) is 0 Å². The minimum Gasteiger partial charge on any atom is -0.381 e. The molecule has 2 aromatic rings. The Morgan fingerprint density at radius 2 is 1.71 bits per heavy atom. The Balaban J connectivity index is 1.79. The van der Waals surface area contributed by atoms with Gasteiger partial charge in [0.1, 0.15) is 0 Å². The molecule has 1 aromatic heterocycles. The van der Waals surface area contributed by atoms with E-state index in [4.69, 9.17) is 0 Å². The maximum atomic E-state index is 3.50. The summed E-state index contributed by atoms with van der Waals surface area (Å²) in [6, 6.07) is 11.1. The highest BCUT2D eigenvalue weighted by atomic mass is 14.9. The third-order valence-electron chi connectivity index (χ3n) is 3.81. The second-order valence-electron chi connectivity index (χ2n) is 5.77. The summed E-state index contributed by atoms with van der Waals surface area (Å²) in [7, 11) is 0. The van der Waals surface area contributed by atoms with Crippen LogP contribution < -0.4 is 5.32 Å². The number of aromatic nitrogens is 1. The number of anilines is 1. The number of unbranched alkanes of at least 4 members (excludes halogenated alkanes) is 2. The van der Waals surface area contributed by atoms with Crippen molar-refractivity contribution in [3.05, 3.63) is 53.9 Å². The summed E-state index contributed by atoms with van der Waals surface area (Å²) in [5.74, 6) is 0. The maximum absolute atomic E-state index is 3.50. The van der Waals surface area contributed by atoms with Gasteiger partial charge in [-0.1, -0.05) is 38.8 Å². The molecule has 1 heterocycles. The van der Waals surface area contributed by atoms with E-state index in [1.54, 1.807) is 0 Å². The van der Waals surface area contributed by atoms with Gasteiger partial charge in [-0.15, -0.1) is 0 Å². The number of nitrogens with zero attached hydrogens (tertiary/aromatic N) is 1. The number of hydrogen-bond acceptors (Lipinski definition) is 1. The Hall–Kier alpha value is -1.70. The highest BCUT2D eigenvalue weighted by Crippen LogP contribution is 2.14. The summed E-state index contributed by atoms with van der Waals surface area (Å²) in [5.41, 5.74) is 4.00. The first-order valence-electron chi connectivity index (χ1n) is 8.29. The molecule has 0 bridgehead atoms. The van der Waals surface area contributed by atoms with Crippen molar-refractivity contribution < 1.29 is 0 Å². The van der Waals surface area contributed by atoms with Crippen molar-refractivity contribution in [3.63, 3.8) is 0 Å². The molecule has 0 saturated heterocycles. The monoisotopic (exact) mass is 284 g/mol. The van der Waals surface area contributed by atoms with Gasteiger partial charge >= 0.3 is 0 Å². The molecule has 0 radical (unpaired) electrons. The Bertz CT molecular complexity index is 511. The summed E-state index contributed by atoms with van der Waals surface area (Å²) in [5, 5.41) is 3.50. The molecule has 114 valence electrons. The highest BCUT2D eigenvalue weighted by Gasteiger charge is 1.98. The zero-order valence-corrected chi connectivity index (χ0v) is 13.4. The average molecular weight is 284 g/mol. The molecule has 0 fully saturated rings. The fourth-order valence-corrected chi connectivity index (χ4v) is 2.56. The third kappa shape index (κ3) is 5.30. The average Bonchev–Trinajstić information content (AvgIpc) is 2.95. The smallest absolute Gasteiger partial charge is 0.0415 e. The molecule has 0 aliphatic carbocycles. The SMILES string of the molecule is CCCCCc1ccc(NCc2ccn(CCC)c2)cc1. The van der Waals surface area contributed by atoms with Crippen LogP contribution in [0.25, 0.3) is 0 Å². The summed E-state index contributed by atoms with van der Waals surface area (Å²) < 4.78 is 2.26. The van der Waals surface area contributed by atoms with Crippen LogP contribution in [0.3, 0.4) is 0 Å².